The van der Waals surface area contributed by atoms with E-state index in [1.54, 1.807) is 6.92 Å². The Labute approximate surface area is 113 Å². The van der Waals surface area contributed by atoms with Crippen LogP contribution in [0.5, 0.6) is 0 Å². The maximum absolute atomic E-state index is 12.8. The molecule has 0 bridgehead atoms. The minimum absolute atomic E-state index is 0.0587. The molecule has 1 aliphatic rings. The monoisotopic (exact) mass is 299 g/mol. The molecule has 1 saturated heterocycles. The van der Waals surface area contributed by atoms with Crippen molar-refractivity contribution in [1.29, 1.82) is 0 Å². The summed E-state index contributed by atoms with van der Waals surface area (Å²) in [5.74, 6) is 0. The quantitative estimate of drug-likeness (QED) is 0.571. The number of hydrogen-bond donors (Lipinski definition) is 0. The Morgan fingerprint density at radius 2 is 1.90 bits per heavy atom. The Bertz CT molecular complexity index is 356. The van der Waals surface area contributed by atoms with E-state index in [1.807, 2.05) is 0 Å². The molecular formula is C10H16F3N3O4. The van der Waals surface area contributed by atoms with Crippen molar-refractivity contribution in [3.63, 3.8) is 0 Å². The Hall–Kier alpha value is -1.58. The number of amides is 1. The number of piperazine rings is 1. The molecule has 0 aromatic carbocycles. The van der Waals surface area contributed by atoms with E-state index >= 15 is 0 Å². The van der Waals surface area contributed by atoms with Gasteiger partial charge < -0.3 is 9.64 Å². The van der Waals surface area contributed by atoms with E-state index in [9.17, 15) is 28.1 Å². The van der Waals surface area contributed by atoms with Gasteiger partial charge in [-0.1, -0.05) is 0 Å². The van der Waals surface area contributed by atoms with E-state index in [0.29, 0.717) is 0 Å². The Balaban J connectivity index is 2.61. The molecule has 10 heteroatoms. The van der Waals surface area contributed by atoms with Crippen molar-refractivity contribution in [1.82, 2.24) is 9.80 Å². The molecule has 1 fully saturated rings. The average molecular weight is 299 g/mol. The molecule has 7 nitrogen and oxygen atoms in total. The second kappa shape index (κ2) is 6.73. The molecule has 1 heterocycles. The van der Waals surface area contributed by atoms with Gasteiger partial charge in [0.25, 0.3) is 0 Å². The third-order valence-corrected chi connectivity index (χ3v) is 2.98. The highest BCUT2D eigenvalue weighted by Gasteiger charge is 2.47. The predicted molar refractivity (Wildman–Crippen MR) is 61.9 cm³/mol. The lowest BCUT2D eigenvalue weighted by atomic mass is 10.2. The van der Waals surface area contributed by atoms with Crippen LogP contribution in [0.25, 0.3) is 0 Å². The van der Waals surface area contributed by atoms with Gasteiger partial charge in [0.2, 0.25) is 6.54 Å². The Morgan fingerprint density at radius 1 is 1.35 bits per heavy atom. The van der Waals surface area contributed by atoms with Crippen LogP contribution in [0.1, 0.15) is 6.92 Å². The summed E-state index contributed by atoms with van der Waals surface area (Å²) in [4.78, 5) is 23.1. The first-order chi connectivity index (χ1) is 9.25. The molecule has 1 atom stereocenters. The lowest BCUT2D eigenvalue weighted by Crippen LogP contribution is -2.57. The number of carbonyl (C=O) groups is 1. The fraction of sp³-hybridized carbons (Fsp3) is 0.900. The summed E-state index contributed by atoms with van der Waals surface area (Å²) in [6.45, 7) is 0.597. The highest BCUT2D eigenvalue weighted by atomic mass is 19.4. The smallest absolute Gasteiger partial charge is 0.410 e. The first-order valence-corrected chi connectivity index (χ1v) is 6.10. The molecule has 0 aliphatic carbocycles. The molecule has 1 aliphatic heterocycles. The highest BCUT2D eigenvalue weighted by molar-refractivity contribution is 5.67. The van der Waals surface area contributed by atoms with E-state index in [-0.39, 0.29) is 32.8 Å². The van der Waals surface area contributed by atoms with Crippen LogP contribution < -0.4 is 0 Å². The van der Waals surface area contributed by atoms with E-state index in [0.717, 1.165) is 4.90 Å². The van der Waals surface area contributed by atoms with Crippen molar-refractivity contribution in [3.05, 3.63) is 10.1 Å². The minimum Gasteiger partial charge on any atom is -0.450 e. The van der Waals surface area contributed by atoms with Crippen LogP contribution in [0.15, 0.2) is 0 Å². The van der Waals surface area contributed by atoms with Crippen LogP contribution >= 0.6 is 0 Å². The zero-order chi connectivity index (χ0) is 15.3. The third kappa shape index (κ3) is 4.51. The predicted octanol–water partition coefficient (Wildman–Crippen LogP) is 0.968. The molecule has 0 spiro atoms. The van der Waals surface area contributed by atoms with Gasteiger partial charge in [-0.25, -0.2) is 4.79 Å². The topological polar surface area (TPSA) is 75.9 Å². The number of rotatable bonds is 4. The second-order valence-corrected chi connectivity index (χ2v) is 4.29. The minimum atomic E-state index is -4.67. The lowest BCUT2D eigenvalue weighted by Gasteiger charge is -2.37. The SMILES string of the molecule is CCOC(=O)N1CCN(C(C[N+](=O)[O-])C(F)(F)F)CC1. The van der Waals surface area contributed by atoms with Gasteiger partial charge in [0.1, 0.15) is 0 Å². The maximum Gasteiger partial charge on any atom is 0.410 e. The molecule has 116 valence electrons. The van der Waals surface area contributed by atoms with Crippen molar-refractivity contribution in [2.75, 3.05) is 39.3 Å². The summed E-state index contributed by atoms with van der Waals surface area (Å²) in [6.07, 6.45) is -5.25. The van der Waals surface area contributed by atoms with Gasteiger partial charge >= 0.3 is 12.3 Å². The molecule has 0 aromatic heterocycles. The molecular weight excluding hydrogens is 283 g/mol. The average Bonchev–Trinajstić information content (AvgIpc) is 2.35. The Morgan fingerprint density at radius 3 is 2.30 bits per heavy atom. The van der Waals surface area contributed by atoms with Crippen molar-refractivity contribution in [3.8, 4) is 0 Å². The number of nitro groups is 1. The van der Waals surface area contributed by atoms with Crippen molar-refractivity contribution < 1.29 is 27.6 Å². The summed E-state index contributed by atoms with van der Waals surface area (Å²) < 4.78 is 43.1. The molecule has 1 amide bonds. The van der Waals surface area contributed by atoms with E-state index in [2.05, 4.69) is 0 Å². The van der Waals surface area contributed by atoms with Crippen molar-refractivity contribution in [2.24, 2.45) is 0 Å². The van der Waals surface area contributed by atoms with Crippen molar-refractivity contribution >= 4 is 6.09 Å². The van der Waals surface area contributed by atoms with Gasteiger partial charge in [0.15, 0.2) is 6.04 Å². The molecule has 1 rings (SSSR count). The van der Waals surface area contributed by atoms with Crippen LogP contribution in [0.3, 0.4) is 0 Å². The zero-order valence-electron chi connectivity index (χ0n) is 10.9. The van der Waals surface area contributed by atoms with Crippen LogP contribution in [0, 0.1) is 10.1 Å². The number of halogens is 3. The van der Waals surface area contributed by atoms with Crippen molar-refractivity contribution in [2.45, 2.75) is 19.1 Å². The van der Waals surface area contributed by atoms with Gasteiger partial charge in [-0.15, -0.1) is 0 Å². The number of hydrogen-bond acceptors (Lipinski definition) is 5. The van der Waals surface area contributed by atoms with Crippen LogP contribution in [-0.4, -0.2) is 72.4 Å². The third-order valence-electron chi connectivity index (χ3n) is 2.98. The normalized spacial score (nSPS) is 18.7. The Kier molecular flexibility index (Phi) is 5.54. The van der Waals surface area contributed by atoms with Crippen LogP contribution in [0.4, 0.5) is 18.0 Å². The molecule has 0 radical (unpaired) electrons. The first kappa shape index (κ1) is 16.5. The van der Waals surface area contributed by atoms with Crippen LogP contribution in [0.2, 0.25) is 0 Å². The van der Waals surface area contributed by atoms with Crippen LogP contribution in [-0.2, 0) is 4.74 Å². The van der Waals surface area contributed by atoms with E-state index in [4.69, 9.17) is 4.74 Å². The fourth-order valence-corrected chi connectivity index (χ4v) is 2.00. The molecule has 0 aromatic rings. The van der Waals surface area contributed by atoms with Gasteiger partial charge in [0.05, 0.1) is 6.61 Å². The zero-order valence-corrected chi connectivity index (χ0v) is 10.9. The standard InChI is InChI=1S/C10H16F3N3O4/c1-2-20-9(17)15-5-3-14(4-6-15)8(7-16(18)19)10(11,12)13/h8H,2-7H2,1H3. The fourth-order valence-electron chi connectivity index (χ4n) is 2.00. The first-order valence-electron chi connectivity index (χ1n) is 6.10. The molecule has 20 heavy (non-hydrogen) atoms. The van der Waals surface area contributed by atoms with Gasteiger partial charge in [-0.3, -0.25) is 15.0 Å². The summed E-state index contributed by atoms with van der Waals surface area (Å²) in [5.41, 5.74) is 0. The maximum atomic E-state index is 12.8. The molecule has 1 unspecified atom stereocenters. The lowest BCUT2D eigenvalue weighted by molar-refractivity contribution is -0.495. The van der Waals surface area contributed by atoms with Gasteiger partial charge in [-0.2, -0.15) is 13.2 Å². The van der Waals surface area contributed by atoms with Gasteiger partial charge in [-0.05, 0) is 6.92 Å². The summed E-state index contributed by atoms with van der Waals surface area (Å²) in [5, 5.41) is 10.4. The molecule has 0 N–H and O–H groups in total. The second-order valence-electron chi connectivity index (χ2n) is 4.29. The molecule has 0 saturated carbocycles. The summed E-state index contributed by atoms with van der Waals surface area (Å²) in [7, 11) is 0. The van der Waals surface area contributed by atoms with Gasteiger partial charge in [0, 0.05) is 31.1 Å². The summed E-state index contributed by atoms with van der Waals surface area (Å²) >= 11 is 0. The number of nitrogens with zero attached hydrogens (tertiary/aromatic N) is 3. The van der Waals surface area contributed by atoms with E-state index < -0.39 is 29.8 Å². The number of alkyl halides is 3. The largest absolute Gasteiger partial charge is 0.450 e. The highest BCUT2D eigenvalue weighted by Crippen LogP contribution is 2.26. The summed E-state index contributed by atoms with van der Waals surface area (Å²) in [6, 6.07) is -2.12. The number of carbonyl (C=O) groups excluding carboxylic acids is 1. The van der Waals surface area contributed by atoms with E-state index in [1.165, 1.54) is 4.90 Å². The number of ether oxygens (including phenoxy) is 1.